The lowest BCUT2D eigenvalue weighted by Crippen LogP contribution is -2.40. The fourth-order valence-electron chi connectivity index (χ4n) is 6.99. The zero-order valence-corrected chi connectivity index (χ0v) is 25.5. The van der Waals surface area contributed by atoms with Gasteiger partial charge in [0, 0.05) is 0 Å². The highest BCUT2D eigenvalue weighted by molar-refractivity contribution is 6.00. The molecule has 0 saturated heterocycles. The van der Waals surface area contributed by atoms with Gasteiger partial charge >= 0.3 is 0 Å². The highest BCUT2D eigenvalue weighted by Gasteiger charge is 2.36. The van der Waals surface area contributed by atoms with Gasteiger partial charge in [-0.25, -0.2) is 0 Å². The molecule has 8 aromatic carbocycles. The lowest BCUT2D eigenvalue weighted by atomic mass is 9.73. The van der Waals surface area contributed by atoms with Crippen molar-refractivity contribution in [1.82, 2.24) is 0 Å². The second-order valence-corrected chi connectivity index (χ2v) is 11.9. The van der Waals surface area contributed by atoms with E-state index < -0.39 is 5.54 Å². The Morgan fingerprint density at radius 2 is 0.804 bits per heavy atom. The number of nitrogens with two attached hydrogens (primary N) is 1. The van der Waals surface area contributed by atoms with Crippen molar-refractivity contribution in [3.8, 4) is 33.4 Å². The summed E-state index contributed by atoms with van der Waals surface area (Å²) >= 11 is 0. The van der Waals surface area contributed by atoms with Crippen molar-refractivity contribution >= 4 is 21.5 Å². The summed E-state index contributed by atoms with van der Waals surface area (Å²) in [6, 6.07) is 67.0. The predicted octanol–water partition coefficient (Wildman–Crippen LogP) is 11.2. The molecule has 8 rings (SSSR count). The first-order chi connectivity index (χ1) is 22.7. The summed E-state index contributed by atoms with van der Waals surface area (Å²) in [6.45, 7) is 0. The van der Waals surface area contributed by atoms with Crippen molar-refractivity contribution in [1.29, 1.82) is 0 Å². The second kappa shape index (κ2) is 11.6. The Kier molecular flexibility index (Phi) is 7.02. The summed E-state index contributed by atoms with van der Waals surface area (Å²) in [7, 11) is 0. The van der Waals surface area contributed by atoms with E-state index in [0.29, 0.717) is 0 Å². The van der Waals surface area contributed by atoms with E-state index in [-0.39, 0.29) is 0 Å². The van der Waals surface area contributed by atoms with Crippen LogP contribution in [0.15, 0.2) is 188 Å². The van der Waals surface area contributed by atoms with Gasteiger partial charge in [0.2, 0.25) is 0 Å². The standard InChI is InChI=1S/C45H33N/c46-45(43-26-14-22-35-21-10-11-23-40(35)43,44-28-27-39(34-19-8-3-9-20-34)41-24-12-13-25-42(41)44)38-30-36(32-15-4-1-5-16-32)29-37(31-38)33-17-6-2-7-18-33/h1-31H,46H2. The average molecular weight is 588 g/mol. The molecule has 0 aliphatic carbocycles. The van der Waals surface area contributed by atoms with Crippen molar-refractivity contribution in [2.75, 3.05) is 0 Å². The van der Waals surface area contributed by atoms with Crippen molar-refractivity contribution < 1.29 is 0 Å². The third-order valence-corrected chi connectivity index (χ3v) is 9.25. The van der Waals surface area contributed by atoms with E-state index >= 15 is 0 Å². The Balaban J connectivity index is 1.48. The molecule has 0 saturated carbocycles. The Hall–Kier alpha value is -5.76. The predicted molar refractivity (Wildman–Crippen MR) is 195 cm³/mol. The van der Waals surface area contributed by atoms with Gasteiger partial charge < -0.3 is 5.73 Å². The van der Waals surface area contributed by atoms with Crippen LogP contribution in [0.3, 0.4) is 0 Å². The first-order valence-electron chi connectivity index (χ1n) is 15.8. The molecule has 218 valence electrons. The Bertz CT molecular complexity index is 2240. The van der Waals surface area contributed by atoms with Crippen LogP contribution in [0.4, 0.5) is 0 Å². The van der Waals surface area contributed by atoms with Gasteiger partial charge in [-0.2, -0.15) is 0 Å². The third kappa shape index (κ3) is 4.79. The van der Waals surface area contributed by atoms with Gasteiger partial charge in [-0.05, 0) is 89.8 Å². The molecular formula is C45H33N. The summed E-state index contributed by atoms with van der Waals surface area (Å²) in [5.41, 5.74) is 17.3. The summed E-state index contributed by atoms with van der Waals surface area (Å²) < 4.78 is 0. The molecule has 1 atom stereocenters. The number of rotatable bonds is 6. The van der Waals surface area contributed by atoms with Crippen LogP contribution in [0.1, 0.15) is 16.7 Å². The van der Waals surface area contributed by atoms with Crippen LogP contribution in [-0.2, 0) is 5.54 Å². The van der Waals surface area contributed by atoms with Crippen LogP contribution in [0.2, 0.25) is 0 Å². The van der Waals surface area contributed by atoms with Gasteiger partial charge in [0.15, 0.2) is 0 Å². The molecule has 2 N–H and O–H groups in total. The molecule has 1 nitrogen and oxygen atoms in total. The first kappa shape index (κ1) is 27.8. The van der Waals surface area contributed by atoms with Gasteiger partial charge in [0.25, 0.3) is 0 Å². The van der Waals surface area contributed by atoms with Crippen molar-refractivity contribution in [2.45, 2.75) is 5.54 Å². The SMILES string of the molecule is NC(c1cc(-c2ccccc2)cc(-c2ccccc2)c1)(c1cccc2ccccc12)c1ccc(-c2ccccc2)c2ccccc12. The van der Waals surface area contributed by atoms with Gasteiger partial charge in [-0.15, -0.1) is 0 Å². The molecule has 0 amide bonds. The number of fused-ring (bicyclic) bond motifs is 2. The number of benzene rings is 8. The Morgan fingerprint density at radius 1 is 0.326 bits per heavy atom. The third-order valence-electron chi connectivity index (χ3n) is 9.25. The minimum Gasteiger partial charge on any atom is -0.314 e. The van der Waals surface area contributed by atoms with Gasteiger partial charge in [0.1, 0.15) is 0 Å². The van der Waals surface area contributed by atoms with E-state index in [4.69, 9.17) is 5.73 Å². The molecule has 0 aliphatic heterocycles. The molecule has 0 spiro atoms. The lowest BCUT2D eigenvalue weighted by molar-refractivity contribution is 0.666. The summed E-state index contributed by atoms with van der Waals surface area (Å²) in [5.74, 6) is 0. The molecule has 0 aliphatic rings. The Labute approximate surface area is 270 Å². The molecule has 0 aromatic heterocycles. The highest BCUT2D eigenvalue weighted by Crippen LogP contribution is 2.45. The van der Waals surface area contributed by atoms with Crippen molar-refractivity contribution in [2.24, 2.45) is 5.73 Å². The second-order valence-electron chi connectivity index (χ2n) is 11.9. The molecule has 0 radical (unpaired) electrons. The zero-order valence-electron chi connectivity index (χ0n) is 25.5. The molecule has 0 bridgehead atoms. The van der Waals surface area contributed by atoms with Crippen LogP contribution >= 0.6 is 0 Å². The maximum Gasteiger partial charge on any atom is 0.0935 e. The van der Waals surface area contributed by atoms with Gasteiger partial charge in [-0.3, -0.25) is 0 Å². The minimum absolute atomic E-state index is 0.982. The molecule has 1 unspecified atom stereocenters. The maximum absolute atomic E-state index is 8.08. The fourth-order valence-corrected chi connectivity index (χ4v) is 6.99. The zero-order chi connectivity index (χ0) is 30.9. The summed E-state index contributed by atoms with van der Waals surface area (Å²) in [5, 5.41) is 4.65. The van der Waals surface area contributed by atoms with Crippen LogP contribution < -0.4 is 5.73 Å². The monoisotopic (exact) mass is 587 g/mol. The van der Waals surface area contributed by atoms with Crippen LogP contribution in [-0.4, -0.2) is 0 Å². The molecule has 1 heteroatoms. The minimum atomic E-state index is -0.982. The van der Waals surface area contributed by atoms with Gasteiger partial charge in [0.05, 0.1) is 5.54 Å². The molecular weight excluding hydrogens is 555 g/mol. The van der Waals surface area contributed by atoms with E-state index in [1.54, 1.807) is 0 Å². The Morgan fingerprint density at radius 3 is 1.43 bits per heavy atom. The van der Waals surface area contributed by atoms with E-state index in [1.165, 1.54) is 21.9 Å². The topological polar surface area (TPSA) is 26.0 Å². The fraction of sp³-hybridized carbons (Fsp3) is 0.0222. The molecule has 46 heavy (non-hydrogen) atoms. The molecule has 0 heterocycles. The maximum atomic E-state index is 8.08. The van der Waals surface area contributed by atoms with Crippen LogP contribution in [0, 0.1) is 0 Å². The summed E-state index contributed by atoms with van der Waals surface area (Å²) in [6.07, 6.45) is 0. The van der Waals surface area contributed by atoms with E-state index in [2.05, 4.69) is 188 Å². The molecule has 8 aromatic rings. The normalized spacial score (nSPS) is 12.6. The lowest BCUT2D eigenvalue weighted by Gasteiger charge is -2.35. The average Bonchev–Trinajstić information content (AvgIpc) is 3.14. The van der Waals surface area contributed by atoms with E-state index in [1.807, 2.05) is 0 Å². The largest absolute Gasteiger partial charge is 0.314 e. The van der Waals surface area contributed by atoms with E-state index in [0.717, 1.165) is 49.7 Å². The van der Waals surface area contributed by atoms with Crippen LogP contribution in [0.5, 0.6) is 0 Å². The van der Waals surface area contributed by atoms with E-state index in [9.17, 15) is 0 Å². The van der Waals surface area contributed by atoms with Crippen molar-refractivity contribution in [3.63, 3.8) is 0 Å². The summed E-state index contributed by atoms with van der Waals surface area (Å²) in [4.78, 5) is 0. The number of hydrogen-bond donors (Lipinski definition) is 1. The number of hydrogen-bond acceptors (Lipinski definition) is 1. The van der Waals surface area contributed by atoms with Gasteiger partial charge in [-0.1, -0.05) is 170 Å². The smallest absolute Gasteiger partial charge is 0.0935 e. The quantitative estimate of drug-likeness (QED) is 0.192. The van der Waals surface area contributed by atoms with Crippen LogP contribution in [0.25, 0.3) is 54.9 Å². The highest BCUT2D eigenvalue weighted by atomic mass is 14.8. The first-order valence-corrected chi connectivity index (χ1v) is 15.8. The molecule has 0 fully saturated rings. The van der Waals surface area contributed by atoms with Crippen molar-refractivity contribution in [3.05, 3.63) is 205 Å².